The van der Waals surface area contributed by atoms with Crippen molar-refractivity contribution in [2.24, 2.45) is 0 Å². The van der Waals surface area contributed by atoms with Gasteiger partial charge in [-0.25, -0.2) is 4.79 Å². The first-order chi connectivity index (χ1) is 11.0. The summed E-state index contributed by atoms with van der Waals surface area (Å²) >= 11 is 1.63. The summed E-state index contributed by atoms with van der Waals surface area (Å²) in [5, 5.41) is 0.920. The molecule has 0 bridgehead atoms. The molecule has 23 heavy (non-hydrogen) atoms. The molecule has 0 aliphatic heterocycles. The Bertz CT molecular complexity index is 646. The SMILES string of the molecule is CCOC(=O)C=C(C)C=CC=C(C)C=Cc1sc(OC)cc1C. The smallest absolute Gasteiger partial charge is 0.330 e. The summed E-state index contributed by atoms with van der Waals surface area (Å²) < 4.78 is 10.1. The van der Waals surface area contributed by atoms with Gasteiger partial charge in [0.2, 0.25) is 0 Å². The van der Waals surface area contributed by atoms with E-state index < -0.39 is 0 Å². The first-order valence-electron chi connectivity index (χ1n) is 7.48. The third-order valence-corrected chi connectivity index (χ3v) is 4.15. The van der Waals surface area contributed by atoms with Crippen LogP contribution in [-0.4, -0.2) is 19.7 Å². The fourth-order valence-corrected chi connectivity index (χ4v) is 2.66. The molecule has 0 aliphatic carbocycles. The van der Waals surface area contributed by atoms with Crippen LogP contribution in [0.1, 0.15) is 31.2 Å². The molecule has 0 amide bonds. The molecule has 0 aromatic carbocycles. The van der Waals surface area contributed by atoms with Crippen molar-refractivity contribution < 1.29 is 14.3 Å². The van der Waals surface area contributed by atoms with E-state index in [-0.39, 0.29) is 5.97 Å². The van der Waals surface area contributed by atoms with Crippen LogP contribution in [0.3, 0.4) is 0 Å². The normalized spacial score (nSPS) is 13.1. The Morgan fingerprint density at radius 3 is 2.61 bits per heavy atom. The number of esters is 1. The van der Waals surface area contributed by atoms with Gasteiger partial charge in [-0.2, -0.15) is 0 Å². The molecule has 0 saturated carbocycles. The second-order valence-electron chi connectivity index (χ2n) is 5.06. The second-order valence-corrected chi connectivity index (χ2v) is 6.11. The Morgan fingerprint density at radius 1 is 1.26 bits per heavy atom. The largest absolute Gasteiger partial charge is 0.487 e. The van der Waals surface area contributed by atoms with E-state index in [1.165, 1.54) is 16.5 Å². The zero-order valence-electron chi connectivity index (χ0n) is 14.4. The molecule has 0 unspecified atom stereocenters. The molecular formula is C19H24O3S. The molecule has 4 heteroatoms. The van der Waals surface area contributed by atoms with Gasteiger partial charge in [-0.1, -0.05) is 41.2 Å². The summed E-state index contributed by atoms with van der Waals surface area (Å²) in [6.07, 6.45) is 11.4. The maximum Gasteiger partial charge on any atom is 0.330 e. The molecule has 0 fully saturated rings. The lowest BCUT2D eigenvalue weighted by atomic mass is 10.2. The number of allylic oxidation sites excluding steroid dienone is 6. The third-order valence-electron chi connectivity index (χ3n) is 2.98. The van der Waals surface area contributed by atoms with Gasteiger partial charge in [0, 0.05) is 11.0 Å². The predicted octanol–water partition coefficient (Wildman–Crippen LogP) is 5.09. The van der Waals surface area contributed by atoms with E-state index in [2.05, 4.69) is 19.1 Å². The van der Waals surface area contributed by atoms with Crippen LogP contribution >= 0.6 is 11.3 Å². The van der Waals surface area contributed by atoms with Crippen molar-refractivity contribution in [2.45, 2.75) is 27.7 Å². The fraction of sp³-hybridized carbons (Fsp3) is 0.316. The number of aryl methyl sites for hydroxylation is 1. The highest BCUT2D eigenvalue weighted by Crippen LogP contribution is 2.29. The van der Waals surface area contributed by atoms with Crippen molar-refractivity contribution in [3.63, 3.8) is 0 Å². The Labute approximate surface area is 142 Å². The van der Waals surface area contributed by atoms with Gasteiger partial charge >= 0.3 is 5.97 Å². The summed E-state index contributed by atoms with van der Waals surface area (Å²) in [6, 6.07) is 2.03. The third kappa shape index (κ3) is 7.15. The van der Waals surface area contributed by atoms with Gasteiger partial charge in [-0.05, 0) is 51.0 Å². The summed E-state index contributed by atoms with van der Waals surface area (Å²) in [6.45, 7) is 8.16. The van der Waals surface area contributed by atoms with Crippen molar-refractivity contribution in [2.75, 3.05) is 13.7 Å². The monoisotopic (exact) mass is 332 g/mol. The fourth-order valence-electron chi connectivity index (χ4n) is 1.76. The zero-order valence-corrected chi connectivity index (χ0v) is 15.2. The Hall–Kier alpha value is -2.07. The maximum absolute atomic E-state index is 11.3. The Kier molecular flexibility index (Phi) is 8.13. The first kappa shape index (κ1) is 19.0. The molecule has 0 spiro atoms. The quantitative estimate of drug-likeness (QED) is 0.396. The summed E-state index contributed by atoms with van der Waals surface area (Å²) in [5.41, 5.74) is 3.19. The molecule has 1 aromatic rings. The molecule has 124 valence electrons. The highest BCUT2D eigenvalue weighted by Gasteiger charge is 2.01. The van der Waals surface area contributed by atoms with E-state index in [0.29, 0.717) is 6.61 Å². The number of ether oxygens (including phenoxy) is 2. The lowest BCUT2D eigenvalue weighted by Gasteiger charge is -1.96. The molecule has 0 aliphatic rings. The minimum Gasteiger partial charge on any atom is -0.487 e. The molecule has 0 radical (unpaired) electrons. The number of carbonyl (C=O) groups is 1. The van der Waals surface area contributed by atoms with E-state index in [9.17, 15) is 4.79 Å². The van der Waals surface area contributed by atoms with E-state index in [4.69, 9.17) is 9.47 Å². The number of thiophene rings is 1. The highest BCUT2D eigenvalue weighted by molar-refractivity contribution is 7.14. The van der Waals surface area contributed by atoms with Crippen LogP contribution in [0.2, 0.25) is 0 Å². The Balaban J connectivity index is 2.66. The average molecular weight is 332 g/mol. The molecular weight excluding hydrogens is 308 g/mol. The summed E-state index contributed by atoms with van der Waals surface area (Å²) in [7, 11) is 1.68. The van der Waals surface area contributed by atoms with Gasteiger partial charge in [0.05, 0.1) is 13.7 Å². The summed E-state index contributed by atoms with van der Waals surface area (Å²) in [4.78, 5) is 12.5. The standard InChI is InChI=1S/C19H24O3S/c1-6-22-18(20)12-15(3)9-7-8-14(2)10-11-17-16(4)13-19(21-5)23-17/h7-13H,6H2,1-5H3. The summed E-state index contributed by atoms with van der Waals surface area (Å²) in [5.74, 6) is -0.308. The van der Waals surface area contributed by atoms with Crippen LogP contribution in [0.5, 0.6) is 5.06 Å². The number of methoxy groups -OCH3 is 1. The van der Waals surface area contributed by atoms with Crippen LogP contribution in [0, 0.1) is 6.92 Å². The topological polar surface area (TPSA) is 35.5 Å². The molecule has 0 saturated heterocycles. The van der Waals surface area contributed by atoms with E-state index in [0.717, 1.165) is 16.2 Å². The van der Waals surface area contributed by atoms with E-state index in [1.807, 2.05) is 38.1 Å². The van der Waals surface area contributed by atoms with E-state index >= 15 is 0 Å². The second kappa shape index (κ2) is 9.85. The lowest BCUT2D eigenvalue weighted by Crippen LogP contribution is -1.99. The van der Waals surface area contributed by atoms with Crippen molar-refractivity contribution in [3.05, 3.63) is 58.0 Å². The number of rotatable bonds is 7. The van der Waals surface area contributed by atoms with Crippen LogP contribution in [0.15, 0.2) is 47.6 Å². The zero-order chi connectivity index (χ0) is 17.2. The Morgan fingerprint density at radius 2 is 2.00 bits per heavy atom. The number of hydrogen-bond donors (Lipinski definition) is 0. The molecule has 1 rings (SSSR count). The molecule has 0 atom stereocenters. The van der Waals surface area contributed by atoms with Gasteiger partial charge < -0.3 is 9.47 Å². The molecule has 0 N–H and O–H groups in total. The van der Waals surface area contributed by atoms with Gasteiger partial charge in [0.15, 0.2) is 5.06 Å². The van der Waals surface area contributed by atoms with Crippen molar-refractivity contribution >= 4 is 23.4 Å². The van der Waals surface area contributed by atoms with Gasteiger partial charge in [0.1, 0.15) is 0 Å². The maximum atomic E-state index is 11.3. The van der Waals surface area contributed by atoms with Crippen molar-refractivity contribution in [1.82, 2.24) is 0 Å². The van der Waals surface area contributed by atoms with Crippen molar-refractivity contribution in [3.8, 4) is 5.06 Å². The number of hydrogen-bond acceptors (Lipinski definition) is 4. The highest BCUT2D eigenvalue weighted by atomic mass is 32.1. The van der Waals surface area contributed by atoms with Crippen molar-refractivity contribution in [1.29, 1.82) is 0 Å². The van der Waals surface area contributed by atoms with Gasteiger partial charge in [-0.15, -0.1) is 0 Å². The van der Waals surface area contributed by atoms with Crippen LogP contribution in [-0.2, 0) is 9.53 Å². The van der Waals surface area contributed by atoms with E-state index in [1.54, 1.807) is 25.4 Å². The molecule has 1 aromatic heterocycles. The van der Waals surface area contributed by atoms with Crippen LogP contribution in [0.4, 0.5) is 0 Å². The minimum absolute atomic E-state index is 0.308. The van der Waals surface area contributed by atoms with Gasteiger partial charge in [0.25, 0.3) is 0 Å². The predicted molar refractivity (Wildman–Crippen MR) is 97.9 cm³/mol. The first-order valence-corrected chi connectivity index (χ1v) is 8.30. The average Bonchev–Trinajstić information content (AvgIpc) is 2.85. The molecule has 1 heterocycles. The number of carbonyl (C=O) groups excluding carboxylic acids is 1. The van der Waals surface area contributed by atoms with Crippen LogP contribution in [0.25, 0.3) is 6.08 Å². The minimum atomic E-state index is -0.308. The lowest BCUT2D eigenvalue weighted by molar-refractivity contribution is -0.137. The van der Waals surface area contributed by atoms with Crippen LogP contribution < -0.4 is 4.74 Å². The molecule has 3 nitrogen and oxygen atoms in total. The van der Waals surface area contributed by atoms with Gasteiger partial charge in [-0.3, -0.25) is 0 Å².